The van der Waals surface area contributed by atoms with Crippen molar-refractivity contribution in [1.82, 2.24) is 10.6 Å². The molecule has 0 radical (unpaired) electrons. The molecule has 1 aliphatic rings. The summed E-state index contributed by atoms with van der Waals surface area (Å²) in [6, 6.07) is 15.4. The molecular weight excluding hydrogens is 396 g/mol. The van der Waals surface area contributed by atoms with Gasteiger partial charge in [-0.2, -0.15) is 0 Å². The van der Waals surface area contributed by atoms with E-state index in [0.29, 0.717) is 32.5 Å². The van der Waals surface area contributed by atoms with Gasteiger partial charge in [0.25, 0.3) is 0 Å². The number of hydrogen-bond donors (Lipinski definition) is 2. The lowest BCUT2D eigenvalue weighted by Crippen LogP contribution is -2.41. The molecule has 5 nitrogen and oxygen atoms in total. The Morgan fingerprint density at radius 1 is 1.08 bits per heavy atom. The number of carbonyl (C=O) groups excluding carboxylic acids is 2. The molecule has 3 rings (SSSR count). The molecule has 136 valence electrons. The predicted molar refractivity (Wildman–Crippen MR) is 103 cm³/mol. The van der Waals surface area contributed by atoms with Gasteiger partial charge in [-0.05, 0) is 35.7 Å². The van der Waals surface area contributed by atoms with Gasteiger partial charge in [0, 0.05) is 17.6 Å². The zero-order valence-corrected chi connectivity index (χ0v) is 15.9. The maximum Gasteiger partial charge on any atom is 0.226 e. The molecule has 0 spiro atoms. The summed E-state index contributed by atoms with van der Waals surface area (Å²) in [7, 11) is 0. The van der Waals surface area contributed by atoms with E-state index >= 15 is 0 Å². The van der Waals surface area contributed by atoms with E-state index in [1.54, 1.807) is 0 Å². The van der Waals surface area contributed by atoms with Crippen LogP contribution in [0.1, 0.15) is 11.1 Å². The van der Waals surface area contributed by atoms with E-state index in [9.17, 15) is 9.59 Å². The van der Waals surface area contributed by atoms with Crippen LogP contribution in [0.25, 0.3) is 0 Å². The predicted octanol–water partition coefficient (Wildman–Crippen LogP) is 2.48. The Hall–Kier alpha value is -2.34. The molecule has 6 heteroatoms. The van der Waals surface area contributed by atoms with E-state index in [1.165, 1.54) is 0 Å². The molecule has 0 saturated carbocycles. The number of amides is 2. The van der Waals surface area contributed by atoms with Crippen LogP contribution in [-0.2, 0) is 22.4 Å². The fraction of sp³-hybridized carbons (Fsp3) is 0.300. The van der Waals surface area contributed by atoms with E-state index in [2.05, 4.69) is 26.6 Å². The van der Waals surface area contributed by atoms with Crippen LogP contribution in [0.3, 0.4) is 0 Å². The van der Waals surface area contributed by atoms with Gasteiger partial charge in [0.2, 0.25) is 11.8 Å². The first kappa shape index (κ1) is 18.5. The summed E-state index contributed by atoms with van der Waals surface area (Å²) in [5, 5.41) is 5.69. The third-order valence-corrected chi connectivity index (χ3v) is 4.75. The van der Waals surface area contributed by atoms with Gasteiger partial charge in [0.15, 0.2) is 0 Å². The van der Waals surface area contributed by atoms with Gasteiger partial charge in [0.05, 0.1) is 12.3 Å². The number of hydrogen-bond acceptors (Lipinski definition) is 3. The first-order valence-corrected chi connectivity index (χ1v) is 9.40. The second kappa shape index (κ2) is 8.85. The maximum absolute atomic E-state index is 12.3. The Balaban J connectivity index is 1.39. The average molecular weight is 417 g/mol. The second-order valence-corrected chi connectivity index (χ2v) is 7.18. The van der Waals surface area contributed by atoms with Crippen LogP contribution in [0.4, 0.5) is 0 Å². The number of carbonyl (C=O) groups is 2. The van der Waals surface area contributed by atoms with Crippen LogP contribution in [0.15, 0.2) is 53.0 Å². The number of benzene rings is 2. The van der Waals surface area contributed by atoms with Gasteiger partial charge in [-0.1, -0.05) is 46.3 Å². The van der Waals surface area contributed by atoms with E-state index < -0.39 is 0 Å². The average Bonchev–Trinajstić information content (AvgIpc) is 2.65. The fourth-order valence-electron chi connectivity index (χ4n) is 2.91. The maximum atomic E-state index is 12.3. The highest BCUT2D eigenvalue weighted by Crippen LogP contribution is 2.29. The molecule has 1 atom stereocenters. The topological polar surface area (TPSA) is 67.4 Å². The van der Waals surface area contributed by atoms with Gasteiger partial charge in [-0.3, -0.25) is 9.59 Å². The molecule has 0 aromatic heterocycles. The van der Waals surface area contributed by atoms with Gasteiger partial charge in [-0.25, -0.2) is 0 Å². The van der Waals surface area contributed by atoms with Gasteiger partial charge < -0.3 is 15.4 Å². The van der Waals surface area contributed by atoms with Crippen LogP contribution in [0.5, 0.6) is 5.75 Å². The number of fused-ring (bicyclic) bond motifs is 1. The lowest BCUT2D eigenvalue weighted by atomic mass is 9.96. The Morgan fingerprint density at radius 2 is 1.85 bits per heavy atom. The SMILES string of the molecule is O=C(Cc1ccccc1)NCCNC(=O)C1COc2ccc(Br)cc2C1. The van der Waals surface area contributed by atoms with Gasteiger partial charge in [-0.15, -0.1) is 0 Å². The van der Waals surface area contributed by atoms with Crippen LogP contribution in [0, 0.1) is 5.92 Å². The molecule has 0 fully saturated rings. The molecule has 2 aromatic carbocycles. The molecule has 1 heterocycles. The van der Waals surface area contributed by atoms with Crippen molar-refractivity contribution in [3.8, 4) is 5.75 Å². The Labute approximate surface area is 161 Å². The zero-order chi connectivity index (χ0) is 18.4. The van der Waals surface area contributed by atoms with Gasteiger partial charge in [0.1, 0.15) is 12.4 Å². The minimum absolute atomic E-state index is 0.0482. The van der Waals surface area contributed by atoms with Crippen molar-refractivity contribution in [1.29, 1.82) is 0 Å². The molecule has 0 bridgehead atoms. The van der Waals surface area contributed by atoms with Crippen LogP contribution >= 0.6 is 15.9 Å². The molecule has 2 aromatic rings. The fourth-order valence-corrected chi connectivity index (χ4v) is 3.32. The summed E-state index contributed by atoms with van der Waals surface area (Å²) in [5.41, 5.74) is 2.00. The molecule has 1 aliphatic heterocycles. The number of halogens is 1. The third-order valence-electron chi connectivity index (χ3n) is 4.25. The first-order chi connectivity index (χ1) is 12.6. The Morgan fingerprint density at radius 3 is 2.65 bits per heavy atom. The second-order valence-electron chi connectivity index (χ2n) is 6.27. The normalized spacial score (nSPS) is 15.5. The van der Waals surface area contributed by atoms with Crippen molar-refractivity contribution in [3.63, 3.8) is 0 Å². The lowest BCUT2D eigenvalue weighted by molar-refractivity contribution is -0.126. The summed E-state index contributed by atoms with van der Waals surface area (Å²) in [6.45, 7) is 1.19. The molecule has 2 amide bonds. The standard InChI is InChI=1S/C20H21BrN2O3/c21-17-6-7-18-15(12-17)11-16(13-26-18)20(25)23-9-8-22-19(24)10-14-4-2-1-3-5-14/h1-7,12,16H,8-11,13H2,(H,22,24)(H,23,25). The van der Waals surface area contributed by atoms with Crippen LogP contribution in [0.2, 0.25) is 0 Å². The van der Waals surface area contributed by atoms with Crippen molar-refractivity contribution in [2.75, 3.05) is 19.7 Å². The zero-order valence-electron chi connectivity index (χ0n) is 14.3. The van der Waals surface area contributed by atoms with Crippen molar-refractivity contribution in [2.24, 2.45) is 5.92 Å². The Kier molecular flexibility index (Phi) is 6.28. The molecule has 26 heavy (non-hydrogen) atoms. The molecule has 0 aliphatic carbocycles. The largest absolute Gasteiger partial charge is 0.492 e. The lowest BCUT2D eigenvalue weighted by Gasteiger charge is -2.24. The quantitative estimate of drug-likeness (QED) is 0.710. The Bertz CT molecular complexity index is 780. The first-order valence-electron chi connectivity index (χ1n) is 8.61. The monoisotopic (exact) mass is 416 g/mol. The van der Waals surface area contributed by atoms with Gasteiger partial charge >= 0.3 is 0 Å². The third kappa shape index (κ3) is 5.08. The highest BCUT2D eigenvalue weighted by molar-refractivity contribution is 9.10. The summed E-state index contributed by atoms with van der Waals surface area (Å²) < 4.78 is 6.65. The summed E-state index contributed by atoms with van der Waals surface area (Å²) >= 11 is 3.44. The number of nitrogens with one attached hydrogen (secondary N) is 2. The van der Waals surface area contributed by atoms with Crippen molar-refractivity contribution < 1.29 is 14.3 Å². The molecular formula is C20H21BrN2O3. The highest BCUT2D eigenvalue weighted by Gasteiger charge is 2.25. The minimum atomic E-state index is -0.211. The number of ether oxygens (including phenoxy) is 1. The molecule has 1 unspecified atom stereocenters. The van der Waals surface area contributed by atoms with E-state index in [1.807, 2.05) is 48.5 Å². The van der Waals surface area contributed by atoms with E-state index in [-0.39, 0.29) is 17.7 Å². The molecule has 0 saturated heterocycles. The van der Waals surface area contributed by atoms with E-state index in [4.69, 9.17) is 4.74 Å². The summed E-state index contributed by atoms with van der Waals surface area (Å²) in [5.74, 6) is 0.528. The smallest absolute Gasteiger partial charge is 0.226 e. The van der Waals surface area contributed by atoms with Crippen LogP contribution < -0.4 is 15.4 Å². The van der Waals surface area contributed by atoms with Crippen molar-refractivity contribution in [2.45, 2.75) is 12.8 Å². The van der Waals surface area contributed by atoms with E-state index in [0.717, 1.165) is 21.3 Å². The van der Waals surface area contributed by atoms with Crippen molar-refractivity contribution in [3.05, 3.63) is 64.1 Å². The van der Waals surface area contributed by atoms with Crippen molar-refractivity contribution >= 4 is 27.7 Å². The molecule has 2 N–H and O–H groups in total. The summed E-state index contributed by atoms with van der Waals surface area (Å²) in [4.78, 5) is 24.2. The van der Waals surface area contributed by atoms with Crippen LogP contribution in [-0.4, -0.2) is 31.5 Å². The number of rotatable bonds is 6. The summed E-state index contributed by atoms with van der Waals surface area (Å²) in [6.07, 6.45) is 0.998. The minimum Gasteiger partial charge on any atom is -0.492 e. The highest BCUT2D eigenvalue weighted by atomic mass is 79.9.